The minimum atomic E-state index is -4.26. The highest BCUT2D eigenvalue weighted by molar-refractivity contribution is 7.90. The molecule has 0 spiro atoms. The average molecular weight is 577 g/mol. The Hall–Kier alpha value is -4.28. The summed E-state index contributed by atoms with van der Waals surface area (Å²) in [5.41, 5.74) is 1.35. The molecule has 2 N–H and O–H groups in total. The Morgan fingerprint density at radius 2 is 0.750 bits per heavy atom. The van der Waals surface area contributed by atoms with E-state index in [1.54, 1.807) is 72.8 Å². The topological polar surface area (TPSA) is 126 Å². The normalized spacial score (nSPS) is 13.1. The smallest absolute Gasteiger partial charge is 0.264 e. The van der Waals surface area contributed by atoms with Crippen molar-refractivity contribution in [2.75, 3.05) is 0 Å². The van der Waals surface area contributed by atoms with E-state index in [2.05, 4.69) is 9.44 Å². The molecule has 2 amide bonds. The molecule has 0 radical (unpaired) electrons. The molecule has 0 bridgehead atoms. The third-order valence-electron chi connectivity index (χ3n) is 6.33. The van der Waals surface area contributed by atoms with E-state index in [0.717, 1.165) is 0 Å². The first-order valence-electron chi connectivity index (χ1n) is 12.5. The van der Waals surface area contributed by atoms with Gasteiger partial charge in [0.15, 0.2) is 0 Å². The Labute approximate surface area is 234 Å². The predicted molar refractivity (Wildman–Crippen MR) is 151 cm³/mol. The summed E-state index contributed by atoms with van der Waals surface area (Å²) in [7, 11) is -8.51. The zero-order valence-electron chi connectivity index (χ0n) is 21.4. The van der Waals surface area contributed by atoms with Crippen molar-refractivity contribution in [1.29, 1.82) is 0 Å². The lowest BCUT2D eigenvalue weighted by Gasteiger charge is -2.26. The van der Waals surface area contributed by atoms with Gasteiger partial charge < -0.3 is 0 Å². The second kappa shape index (κ2) is 12.7. The number of sulfonamides is 2. The molecule has 0 aliphatic heterocycles. The molecule has 4 aromatic carbocycles. The van der Waals surface area contributed by atoms with E-state index in [1.165, 1.54) is 48.5 Å². The molecule has 4 rings (SSSR count). The first-order valence-corrected chi connectivity index (χ1v) is 15.4. The second-order valence-corrected chi connectivity index (χ2v) is 12.5. The zero-order chi connectivity index (χ0) is 28.6. The van der Waals surface area contributed by atoms with E-state index in [-0.39, 0.29) is 22.6 Å². The number of carbonyl (C=O) groups excluding carboxylic acids is 2. The van der Waals surface area contributed by atoms with Crippen LogP contribution in [-0.2, 0) is 42.5 Å². The maximum absolute atomic E-state index is 13.7. The number of carbonyl (C=O) groups is 2. The number of rotatable bonds is 11. The number of nitrogens with one attached hydrogen (secondary N) is 2. The molecular formula is C30H28N2O6S2. The standard InChI is InChI=1S/C30H28N2O6S2/c33-29(31-39(35,36)25-17-9-3-10-18-25)27(21-23-13-5-1-6-14-23)28(22-24-15-7-2-8-16-24)30(34)32-40(37,38)26-19-11-4-12-20-26/h1-20,27-28H,21-22H2,(H,31,33)(H,32,34)/t27-,28-/m1/s1. The first-order chi connectivity index (χ1) is 19.2. The third-order valence-corrected chi connectivity index (χ3v) is 9.06. The van der Waals surface area contributed by atoms with Crippen molar-refractivity contribution >= 4 is 31.9 Å². The Kier molecular flexibility index (Phi) is 9.13. The quantitative estimate of drug-likeness (QED) is 0.280. The molecule has 10 heteroatoms. The van der Waals surface area contributed by atoms with Crippen LogP contribution in [-0.4, -0.2) is 28.6 Å². The summed E-state index contributed by atoms with van der Waals surface area (Å²) in [6, 6.07) is 32.4. The van der Waals surface area contributed by atoms with E-state index in [4.69, 9.17) is 0 Å². The van der Waals surface area contributed by atoms with Gasteiger partial charge in [0.2, 0.25) is 11.8 Å². The average Bonchev–Trinajstić information content (AvgIpc) is 2.96. The molecule has 206 valence electrons. The molecule has 0 saturated heterocycles. The van der Waals surface area contributed by atoms with Crippen molar-refractivity contribution in [3.05, 3.63) is 132 Å². The molecule has 8 nitrogen and oxygen atoms in total. The summed E-state index contributed by atoms with van der Waals surface area (Å²) in [5, 5.41) is 0. The molecule has 4 aromatic rings. The fraction of sp³-hybridized carbons (Fsp3) is 0.133. The molecule has 0 fully saturated rings. The predicted octanol–water partition coefficient (Wildman–Crippen LogP) is 3.71. The van der Waals surface area contributed by atoms with E-state index < -0.39 is 43.7 Å². The highest BCUT2D eigenvalue weighted by Gasteiger charge is 2.37. The van der Waals surface area contributed by atoms with Crippen molar-refractivity contribution in [3.8, 4) is 0 Å². The van der Waals surface area contributed by atoms with Crippen LogP contribution in [0.15, 0.2) is 131 Å². The maximum Gasteiger partial charge on any atom is 0.264 e. The summed E-state index contributed by atoms with van der Waals surface area (Å²) in [6.07, 6.45) is -0.0133. The molecule has 0 aromatic heterocycles. The van der Waals surface area contributed by atoms with Gasteiger partial charge in [-0.2, -0.15) is 0 Å². The van der Waals surface area contributed by atoms with Gasteiger partial charge in [0.05, 0.1) is 21.6 Å². The minimum Gasteiger partial charge on any atom is -0.274 e. The lowest BCUT2D eigenvalue weighted by molar-refractivity contribution is -0.133. The lowest BCUT2D eigenvalue weighted by atomic mass is 9.82. The Balaban J connectivity index is 1.73. The lowest BCUT2D eigenvalue weighted by Crippen LogP contribution is -2.46. The maximum atomic E-state index is 13.7. The molecule has 40 heavy (non-hydrogen) atoms. The molecule has 0 unspecified atom stereocenters. The molecule has 0 aliphatic rings. The summed E-state index contributed by atoms with van der Waals surface area (Å²) in [6.45, 7) is 0. The van der Waals surface area contributed by atoms with Crippen LogP contribution in [0.1, 0.15) is 11.1 Å². The van der Waals surface area contributed by atoms with Crippen LogP contribution in [0.5, 0.6) is 0 Å². The van der Waals surface area contributed by atoms with Crippen LogP contribution in [0, 0.1) is 11.8 Å². The summed E-state index contributed by atoms with van der Waals surface area (Å²) < 4.78 is 56.4. The monoisotopic (exact) mass is 576 g/mol. The van der Waals surface area contributed by atoms with Crippen LogP contribution in [0.25, 0.3) is 0 Å². The van der Waals surface area contributed by atoms with E-state index >= 15 is 0 Å². The van der Waals surface area contributed by atoms with Gasteiger partial charge in [-0.15, -0.1) is 0 Å². The van der Waals surface area contributed by atoms with Gasteiger partial charge >= 0.3 is 0 Å². The largest absolute Gasteiger partial charge is 0.274 e. The highest BCUT2D eigenvalue weighted by Crippen LogP contribution is 2.25. The van der Waals surface area contributed by atoms with Gasteiger partial charge in [0.25, 0.3) is 20.0 Å². The van der Waals surface area contributed by atoms with Crippen LogP contribution in [0.4, 0.5) is 0 Å². The van der Waals surface area contributed by atoms with Crippen LogP contribution < -0.4 is 9.44 Å². The SMILES string of the molecule is O=C(NS(=O)(=O)c1ccccc1)[C@H](Cc1ccccc1)[C@@H](Cc1ccccc1)C(=O)NS(=O)(=O)c1ccccc1. The summed E-state index contributed by atoms with van der Waals surface area (Å²) in [5.74, 6) is -4.29. The molecular weight excluding hydrogens is 548 g/mol. The number of hydrogen-bond donors (Lipinski definition) is 2. The van der Waals surface area contributed by atoms with Gasteiger partial charge in [-0.3, -0.25) is 9.59 Å². The highest BCUT2D eigenvalue weighted by atomic mass is 32.2. The van der Waals surface area contributed by atoms with Crippen molar-refractivity contribution in [2.45, 2.75) is 22.6 Å². The van der Waals surface area contributed by atoms with Gasteiger partial charge in [-0.05, 0) is 48.2 Å². The number of amides is 2. The summed E-state index contributed by atoms with van der Waals surface area (Å²) in [4.78, 5) is 27.2. The zero-order valence-corrected chi connectivity index (χ0v) is 23.0. The first kappa shape index (κ1) is 28.7. The van der Waals surface area contributed by atoms with E-state index in [9.17, 15) is 26.4 Å². The van der Waals surface area contributed by atoms with Crippen LogP contribution in [0.2, 0.25) is 0 Å². The van der Waals surface area contributed by atoms with Crippen molar-refractivity contribution in [2.24, 2.45) is 11.8 Å². The van der Waals surface area contributed by atoms with Crippen LogP contribution in [0.3, 0.4) is 0 Å². The fourth-order valence-corrected chi connectivity index (χ4v) is 6.40. The van der Waals surface area contributed by atoms with Gasteiger partial charge in [0, 0.05) is 0 Å². The Morgan fingerprint density at radius 1 is 0.475 bits per heavy atom. The molecule has 2 atom stereocenters. The van der Waals surface area contributed by atoms with E-state index in [1.807, 2.05) is 0 Å². The minimum absolute atomic E-state index is 0.00666. The van der Waals surface area contributed by atoms with Gasteiger partial charge in [-0.25, -0.2) is 26.3 Å². The van der Waals surface area contributed by atoms with Crippen molar-refractivity contribution in [1.82, 2.24) is 9.44 Å². The molecule has 0 saturated carbocycles. The Morgan fingerprint density at radius 3 is 1.05 bits per heavy atom. The molecule has 0 heterocycles. The fourth-order valence-electron chi connectivity index (χ4n) is 4.30. The van der Waals surface area contributed by atoms with E-state index in [0.29, 0.717) is 11.1 Å². The second-order valence-electron chi connectivity index (χ2n) is 9.16. The summed E-state index contributed by atoms with van der Waals surface area (Å²) >= 11 is 0. The number of hydrogen-bond acceptors (Lipinski definition) is 6. The Bertz CT molecular complexity index is 1520. The van der Waals surface area contributed by atoms with Crippen LogP contribution >= 0.6 is 0 Å². The van der Waals surface area contributed by atoms with Gasteiger partial charge in [-0.1, -0.05) is 97.1 Å². The van der Waals surface area contributed by atoms with Crippen molar-refractivity contribution in [3.63, 3.8) is 0 Å². The third kappa shape index (κ3) is 7.43. The molecule has 0 aliphatic carbocycles. The number of benzene rings is 4. The van der Waals surface area contributed by atoms with Crippen molar-refractivity contribution < 1.29 is 26.4 Å². The van der Waals surface area contributed by atoms with Gasteiger partial charge in [0.1, 0.15) is 0 Å².